The van der Waals surface area contributed by atoms with Crippen molar-refractivity contribution in [1.29, 1.82) is 0 Å². The van der Waals surface area contributed by atoms with E-state index in [0.29, 0.717) is 18.4 Å². The second-order valence-corrected chi connectivity index (χ2v) is 5.73. The van der Waals surface area contributed by atoms with Gasteiger partial charge in [0.2, 0.25) is 0 Å². The van der Waals surface area contributed by atoms with Crippen LogP contribution in [0.4, 0.5) is 0 Å². The van der Waals surface area contributed by atoms with Gasteiger partial charge in [-0.2, -0.15) is 5.10 Å². The van der Waals surface area contributed by atoms with Crippen molar-refractivity contribution in [3.63, 3.8) is 0 Å². The van der Waals surface area contributed by atoms with Gasteiger partial charge in [-0.3, -0.25) is 9.48 Å². The van der Waals surface area contributed by atoms with E-state index in [-0.39, 0.29) is 5.91 Å². The Hall–Kier alpha value is -1.85. The Morgan fingerprint density at radius 2 is 2.00 bits per heavy atom. The average Bonchev–Trinajstić information content (AvgIpc) is 3.05. The summed E-state index contributed by atoms with van der Waals surface area (Å²) in [5.41, 5.74) is 0.394. The molecule has 1 aliphatic carbocycles. The van der Waals surface area contributed by atoms with Gasteiger partial charge < -0.3 is 10.4 Å². The van der Waals surface area contributed by atoms with Crippen LogP contribution in [0, 0.1) is 0 Å². The first-order valence-electron chi connectivity index (χ1n) is 7.23. The van der Waals surface area contributed by atoms with Crippen LogP contribution >= 0.6 is 0 Å². The zero-order valence-corrected chi connectivity index (χ0v) is 11.4. The van der Waals surface area contributed by atoms with Crippen LogP contribution in [0.25, 0.3) is 0 Å². The molecule has 2 aliphatic rings. The molecule has 0 saturated heterocycles. The summed E-state index contributed by atoms with van der Waals surface area (Å²) in [4.78, 5) is 23.9. The Labute approximate surface area is 117 Å². The molecule has 20 heavy (non-hydrogen) atoms. The normalized spacial score (nSPS) is 20.4. The number of carbonyl (C=O) groups is 2. The maximum Gasteiger partial charge on any atom is 0.329 e. The third-order valence-corrected chi connectivity index (χ3v) is 4.45. The number of fused-ring (bicyclic) bond motifs is 1. The lowest BCUT2D eigenvalue weighted by atomic mass is 9.97. The second-order valence-electron chi connectivity index (χ2n) is 5.73. The minimum absolute atomic E-state index is 0.294. The molecule has 1 aromatic rings. The smallest absolute Gasteiger partial charge is 0.329 e. The highest BCUT2D eigenvalue weighted by atomic mass is 16.4. The number of aliphatic carboxylic acids is 1. The minimum Gasteiger partial charge on any atom is -0.480 e. The number of amides is 1. The molecule has 3 rings (SSSR count). The highest BCUT2D eigenvalue weighted by molar-refractivity contribution is 5.98. The first-order valence-corrected chi connectivity index (χ1v) is 7.23. The summed E-state index contributed by atoms with van der Waals surface area (Å²) in [5, 5.41) is 16.4. The van der Waals surface area contributed by atoms with Crippen molar-refractivity contribution in [1.82, 2.24) is 15.1 Å². The fourth-order valence-corrected chi connectivity index (χ4v) is 3.27. The molecule has 1 amide bonds. The Bertz CT molecular complexity index is 544. The summed E-state index contributed by atoms with van der Waals surface area (Å²) in [6.45, 7) is 0.840. The van der Waals surface area contributed by atoms with Crippen LogP contribution in [0.5, 0.6) is 0 Å². The molecular weight excluding hydrogens is 258 g/mol. The number of nitrogens with one attached hydrogen (secondary N) is 1. The maximum absolute atomic E-state index is 12.4. The predicted molar refractivity (Wildman–Crippen MR) is 71.5 cm³/mol. The molecule has 1 saturated carbocycles. The Kier molecular flexibility index (Phi) is 3.23. The van der Waals surface area contributed by atoms with Crippen LogP contribution in [-0.4, -0.2) is 32.3 Å². The molecule has 6 nitrogen and oxygen atoms in total. The van der Waals surface area contributed by atoms with Crippen LogP contribution in [0.1, 0.15) is 54.6 Å². The first kappa shape index (κ1) is 13.1. The zero-order valence-electron chi connectivity index (χ0n) is 11.4. The standard InChI is InChI=1S/C14H19N3O3/c18-12(16-14(13(19)20)6-2-3-7-14)10-9-15-17-8-4-1-5-11(10)17/h9H,1-8H2,(H,16,18)(H,19,20). The lowest BCUT2D eigenvalue weighted by Crippen LogP contribution is -2.52. The predicted octanol–water partition coefficient (Wildman–Crippen LogP) is 1.35. The van der Waals surface area contributed by atoms with Gasteiger partial charge in [-0.1, -0.05) is 12.8 Å². The number of carboxylic acids is 1. The van der Waals surface area contributed by atoms with Crippen molar-refractivity contribution in [3.05, 3.63) is 17.5 Å². The number of aryl methyl sites for hydroxylation is 1. The molecule has 6 heteroatoms. The molecule has 0 aromatic carbocycles. The average molecular weight is 277 g/mol. The SMILES string of the molecule is O=C(NC1(C(=O)O)CCCC1)c1cnn2c1CCCC2. The summed E-state index contributed by atoms with van der Waals surface area (Å²) in [5.74, 6) is -1.22. The van der Waals surface area contributed by atoms with Gasteiger partial charge in [0.1, 0.15) is 5.54 Å². The first-order chi connectivity index (χ1) is 9.62. The molecule has 0 bridgehead atoms. The molecular formula is C14H19N3O3. The topological polar surface area (TPSA) is 84.2 Å². The van der Waals surface area contributed by atoms with Crippen molar-refractivity contribution in [2.24, 2.45) is 0 Å². The molecule has 2 heterocycles. The van der Waals surface area contributed by atoms with E-state index in [0.717, 1.165) is 44.3 Å². The fraction of sp³-hybridized carbons (Fsp3) is 0.643. The van der Waals surface area contributed by atoms with Gasteiger partial charge in [0.15, 0.2) is 0 Å². The number of rotatable bonds is 3. The summed E-state index contributed by atoms with van der Waals surface area (Å²) in [6.07, 6.45) is 7.25. The Balaban J connectivity index is 1.82. The molecule has 2 N–H and O–H groups in total. The number of hydrogen-bond donors (Lipinski definition) is 2. The van der Waals surface area contributed by atoms with Crippen LogP contribution in [0.15, 0.2) is 6.20 Å². The van der Waals surface area contributed by atoms with E-state index >= 15 is 0 Å². The van der Waals surface area contributed by atoms with Crippen LogP contribution < -0.4 is 5.32 Å². The zero-order chi connectivity index (χ0) is 14.2. The Morgan fingerprint density at radius 3 is 2.70 bits per heavy atom. The molecule has 108 valence electrons. The lowest BCUT2D eigenvalue weighted by molar-refractivity contribution is -0.144. The molecule has 1 fully saturated rings. The van der Waals surface area contributed by atoms with Gasteiger partial charge in [-0.25, -0.2) is 4.79 Å². The molecule has 1 aliphatic heterocycles. The summed E-state index contributed by atoms with van der Waals surface area (Å²) in [7, 11) is 0. The summed E-state index contributed by atoms with van der Waals surface area (Å²) < 4.78 is 1.86. The van der Waals surface area contributed by atoms with Crippen molar-refractivity contribution >= 4 is 11.9 Å². The molecule has 0 atom stereocenters. The van der Waals surface area contributed by atoms with E-state index in [1.165, 1.54) is 0 Å². The van der Waals surface area contributed by atoms with Gasteiger partial charge in [0, 0.05) is 6.54 Å². The van der Waals surface area contributed by atoms with Crippen LogP contribution in [0.2, 0.25) is 0 Å². The van der Waals surface area contributed by atoms with Gasteiger partial charge in [0.25, 0.3) is 5.91 Å². The number of aromatic nitrogens is 2. The van der Waals surface area contributed by atoms with Gasteiger partial charge in [0.05, 0.1) is 17.5 Å². The number of hydrogen-bond acceptors (Lipinski definition) is 3. The monoisotopic (exact) mass is 277 g/mol. The summed E-state index contributed by atoms with van der Waals surface area (Å²) in [6, 6.07) is 0. The van der Waals surface area contributed by atoms with Crippen molar-refractivity contribution in [2.75, 3.05) is 0 Å². The second kappa shape index (κ2) is 4.92. The van der Waals surface area contributed by atoms with E-state index < -0.39 is 11.5 Å². The molecule has 1 aromatic heterocycles. The highest BCUT2D eigenvalue weighted by Crippen LogP contribution is 2.30. The minimum atomic E-state index is -1.08. The third-order valence-electron chi connectivity index (χ3n) is 4.45. The lowest BCUT2D eigenvalue weighted by Gasteiger charge is -2.25. The Morgan fingerprint density at radius 1 is 1.25 bits per heavy atom. The quantitative estimate of drug-likeness (QED) is 0.873. The van der Waals surface area contributed by atoms with Crippen LogP contribution in [-0.2, 0) is 17.8 Å². The highest BCUT2D eigenvalue weighted by Gasteiger charge is 2.43. The van der Waals surface area contributed by atoms with Crippen molar-refractivity contribution in [2.45, 2.75) is 57.0 Å². The number of carbonyl (C=O) groups excluding carboxylic acids is 1. The summed E-state index contributed by atoms with van der Waals surface area (Å²) >= 11 is 0. The van der Waals surface area contributed by atoms with E-state index in [4.69, 9.17) is 0 Å². The van der Waals surface area contributed by atoms with E-state index in [1.807, 2.05) is 4.68 Å². The van der Waals surface area contributed by atoms with E-state index in [9.17, 15) is 14.7 Å². The maximum atomic E-state index is 12.4. The van der Waals surface area contributed by atoms with Crippen molar-refractivity contribution in [3.8, 4) is 0 Å². The number of carboxylic acid groups (broad SMARTS) is 1. The molecule has 0 radical (unpaired) electrons. The van der Waals surface area contributed by atoms with E-state index in [2.05, 4.69) is 10.4 Å². The third kappa shape index (κ3) is 2.09. The molecule has 0 unspecified atom stereocenters. The fourth-order valence-electron chi connectivity index (χ4n) is 3.27. The molecule has 0 spiro atoms. The van der Waals surface area contributed by atoms with Gasteiger partial charge in [-0.05, 0) is 32.1 Å². The van der Waals surface area contributed by atoms with Gasteiger partial charge >= 0.3 is 5.97 Å². The van der Waals surface area contributed by atoms with E-state index in [1.54, 1.807) is 6.20 Å². The van der Waals surface area contributed by atoms with Crippen molar-refractivity contribution < 1.29 is 14.7 Å². The van der Waals surface area contributed by atoms with Crippen LogP contribution in [0.3, 0.4) is 0 Å². The number of nitrogens with zero attached hydrogens (tertiary/aromatic N) is 2. The van der Waals surface area contributed by atoms with Gasteiger partial charge in [-0.15, -0.1) is 0 Å². The largest absolute Gasteiger partial charge is 0.480 e.